The van der Waals surface area contributed by atoms with Crippen LogP contribution in [-0.2, 0) is 13.6 Å². The maximum Gasteiger partial charge on any atom is 0.200 e. The highest BCUT2D eigenvalue weighted by Crippen LogP contribution is 2.38. The number of rotatable bonds is 5. The van der Waals surface area contributed by atoms with Gasteiger partial charge in [-0.2, -0.15) is 5.10 Å². The Morgan fingerprint density at radius 1 is 1.16 bits per heavy atom. The maximum absolute atomic E-state index is 10.1. The van der Waals surface area contributed by atoms with Crippen LogP contribution < -0.4 is 9.47 Å². The molecule has 6 nitrogen and oxygen atoms in total. The van der Waals surface area contributed by atoms with E-state index in [2.05, 4.69) is 16.1 Å². The average Bonchev–Trinajstić information content (AvgIpc) is 2.91. The first kappa shape index (κ1) is 17.6. The first-order valence-electron chi connectivity index (χ1n) is 8.80. The van der Waals surface area contributed by atoms with Crippen LogP contribution in [0.25, 0.3) is 0 Å². The zero-order valence-corrected chi connectivity index (χ0v) is 15.2. The van der Waals surface area contributed by atoms with Crippen LogP contribution in [0.2, 0.25) is 0 Å². The normalized spacial score (nSPS) is 18.8. The van der Waals surface area contributed by atoms with E-state index < -0.39 is 0 Å². The highest BCUT2D eigenvalue weighted by molar-refractivity contribution is 5.52. The molecule has 6 heteroatoms. The molecule has 0 saturated carbocycles. The van der Waals surface area contributed by atoms with E-state index in [-0.39, 0.29) is 5.75 Å². The molecule has 1 aliphatic heterocycles. The predicted octanol–water partition coefficient (Wildman–Crippen LogP) is 3.26. The van der Waals surface area contributed by atoms with Gasteiger partial charge in [-0.3, -0.25) is 9.58 Å². The summed E-state index contributed by atoms with van der Waals surface area (Å²) in [5, 5.41) is 14.8. The second-order valence-electron chi connectivity index (χ2n) is 6.60. The van der Waals surface area contributed by atoms with E-state index in [9.17, 15) is 5.11 Å². The first-order chi connectivity index (χ1) is 12.1. The standard InChI is InChI=1S/C19H27N3O3/c1-21-10-8-15(20-21)16-7-5-4-6-9-22(16)13-14-11-17(24-2)19(23)18(12-14)25-3/h8,10-12,16,23H,4-7,9,13H2,1-3H3/t16-/m1/s1. The number of phenols is 1. The van der Waals surface area contributed by atoms with Crippen molar-refractivity contribution in [2.75, 3.05) is 20.8 Å². The Balaban J connectivity index is 1.88. The molecule has 1 aromatic carbocycles. The number of benzene rings is 1. The number of hydrogen-bond acceptors (Lipinski definition) is 5. The lowest BCUT2D eigenvalue weighted by Gasteiger charge is -2.29. The molecular formula is C19H27N3O3. The second kappa shape index (κ2) is 7.78. The van der Waals surface area contributed by atoms with E-state index in [1.165, 1.54) is 19.3 Å². The van der Waals surface area contributed by atoms with E-state index in [0.29, 0.717) is 17.5 Å². The Morgan fingerprint density at radius 2 is 1.88 bits per heavy atom. The molecule has 0 bridgehead atoms. The Kier molecular flexibility index (Phi) is 5.48. The fourth-order valence-corrected chi connectivity index (χ4v) is 3.58. The molecular weight excluding hydrogens is 318 g/mol. The van der Waals surface area contributed by atoms with Gasteiger partial charge in [0.15, 0.2) is 11.5 Å². The van der Waals surface area contributed by atoms with Gasteiger partial charge in [0, 0.05) is 19.8 Å². The van der Waals surface area contributed by atoms with Crippen molar-refractivity contribution < 1.29 is 14.6 Å². The Hall–Kier alpha value is -2.21. The van der Waals surface area contributed by atoms with Crippen LogP contribution in [0.15, 0.2) is 24.4 Å². The fraction of sp³-hybridized carbons (Fsp3) is 0.526. The molecule has 0 aliphatic carbocycles. The van der Waals surface area contributed by atoms with Crippen molar-refractivity contribution >= 4 is 0 Å². The van der Waals surface area contributed by atoms with E-state index in [1.54, 1.807) is 14.2 Å². The van der Waals surface area contributed by atoms with Crippen molar-refractivity contribution in [1.82, 2.24) is 14.7 Å². The summed E-state index contributed by atoms with van der Waals surface area (Å²) in [6.07, 6.45) is 6.78. The smallest absolute Gasteiger partial charge is 0.200 e. The number of nitrogens with zero attached hydrogens (tertiary/aromatic N) is 3. The molecule has 25 heavy (non-hydrogen) atoms. The third-order valence-electron chi connectivity index (χ3n) is 4.86. The zero-order valence-electron chi connectivity index (χ0n) is 15.2. The van der Waals surface area contributed by atoms with Crippen LogP contribution in [0.1, 0.15) is 43.0 Å². The van der Waals surface area contributed by atoms with Gasteiger partial charge in [-0.25, -0.2) is 0 Å². The van der Waals surface area contributed by atoms with Crippen molar-refractivity contribution in [1.29, 1.82) is 0 Å². The first-order valence-corrected chi connectivity index (χ1v) is 8.80. The lowest BCUT2D eigenvalue weighted by atomic mass is 10.1. The minimum absolute atomic E-state index is 0.0471. The van der Waals surface area contributed by atoms with Crippen LogP contribution in [0.5, 0.6) is 17.2 Å². The van der Waals surface area contributed by atoms with Crippen LogP contribution in [0.4, 0.5) is 0 Å². The summed E-state index contributed by atoms with van der Waals surface area (Å²) in [6.45, 7) is 1.81. The molecule has 2 aromatic rings. The zero-order chi connectivity index (χ0) is 17.8. The average molecular weight is 345 g/mol. The number of aryl methyl sites for hydroxylation is 1. The Bertz CT molecular complexity index is 689. The lowest BCUT2D eigenvalue weighted by Crippen LogP contribution is -2.28. The summed E-state index contributed by atoms with van der Waals surface area (Å²) in [6, 6.07) is 6.20. The summed E-state index contributed by atoms with van der Waals surface area (Å²) in [5.41, 5.74) is 2.19. The van der Waals surface area contributed by atoms with Crippen molar-refractivity contribution in [2.24, 2.45) is 7.05 Å². The molecule has 0 unspecified atom stereocenters. The molecule has 0 amide bonds. The Labute approximate surface area is 149 Å². The van der Waals surface area contributed by atoms with Crippen molar-refractivity contribution in [3.05, 3.63) is 35.7 Å². The SMILES string of the molecule is COc1cc(CN2CCCCC[C@@H]2c2ccn(C)n2)cc(OC)c1O. The number of aromatic hydroxyl groups is 1. The summed E-state index contributed by atoms with van der Waals surface area (Å²) < 4.78 is 12.5. The largest absolute Gasteiger partial charge is 0.502 e. The molecule has 1 fully saturated rings. The van der Waals surface area contributed by atoms with Gasteiger partial charge >= 0.3 is 0 Å². The molecule has 1 aliphatic rings. The van der Waals surface area contributed by atoms with Gasteiger partial charge < -0.3 is 14.6 Å². The molecule has 3 rings (SSSR count). The number of hydrogen-bond donors (Lipinski definition) is 1. The van der Waals surface area contributed by atoms with Crippen LogP contribution in [-0.4, -0.2) is 40.6 Å². The third kappa shape index (κ3) is 3.90. The molecule has 1 saturated heterocycles. The molecule has 2 heterocycles. The lowest BCUT2D eigenvalue weighted by molar-refractivity contribution is 0.187. The van der Waals surface area contributed by atoms with Gasteiger partial charge in [0.1, 0.15) is 0 Å². The topological polar surface area (TPSA) is 59.8 Å². The quantitative estimate of drug-likeness (QED) is 0.901. The summed E-state index contributed by atoms with van der Waals surface area (Å²) in [7, 11) is 5.07. The molecule has 0 radical (unpaired) electrons. The third-order valence-corrected chi connectivity index (χ3v) is 4.86. The van der Waals surface area contributed by atoms with Crippen molar-refractivity contribution in [3.63, 3.8) is 0 Å². The number of aromatic nitrogens is 2. The Morgan fingerprint density at radius 3 is 2.48 bits per heavy atom. The minimum Gasteiger partial charge on any atom is -0.502 e. The number of methoxy groups -OCH3 is 2. The second-order valence-corrected chi connectivity index (χ2v) is 6.60. The number of phenolic OH excluding ortho intramolecular Hbond substituents is 1. The van der Waals surface area contributed by atoms with Gasteiger partial charge in [-0.1, -0.05) is 12.8 Å². The summed E-state index contributed by atoms with van der Waals surface area (Å²) >= 11 is 0. The van der Waals surface area contributed by atoms with E-state index in [4.69, 9.17) is 9.47 Å². The molecule has 0 spiro atoms. The summed E-state index contributed by atoms with van der Waals surface area (Å²) in [4.78, 5) is 2.47. The number of ether oxygens (including phenoxy) is 2. The van der Waals surface area contributed by atoms with Crippen LogP contribution in [0.3, 0.4) is 0 Å². The van der Waals surface area contributed by atoms with Crippen LogP contribution in [0, 0.1) is 0 Å². The van der Waals surface area contributed by atoms with Gasteiger partial charge in [-0.05, 0) is 43.1 Å². The number of likely N-dealkylation sites (tertiary alicyclic amines) is 1. The van der Waals surface area contributed by atoms with Gasteiger partial charge in [0.25, 0.3) is 0 Å². The fourth-order valence-electron chi connectivity index (χ4n) is 3.58. The van der Waals surface area contributed by atoms with Gasteiger partial charge in [0.05, 0.1) is 26.0 Å². The monoisotopic (exact) mass is 345 g/mol. The molecule has 136 valence electrons. The van der Waals surface area contributed by atoms with Gasteiger partial charge in [-0.15, -0.1) is 0 Å². The minimum atomic E-state index is 0.0471. The molecule has 1 atom stereocenters. The highest BCUT2D eigenvalue weighted by atomic mass is 16.5. The predicted molar refractivity (Wildman–Crippen MR) is 96.0 cm³/mol. The van der Waals surface area contributed by atoms with Crippen LogP contribution >= 0.6 is 0 Å². The summed E-state index contributed by atoms with van der Waals surface area (Å²) in [5.74, 6) is 0.933. The van der Waals surface area contributed by atoms with E-state index in [0.717, 1.165) is 30.8 Å². The van der Waals surface area contributed by atoms with E-state index in [1.807, 2.05) is 30.1 Å². The van der Waals surface area contributed by atoms with E-state index >= 15 is 0 Å². The van der Waals surface area contributed by atoms with Crippen molar-refractivity contribution in [3.8, 4) is 17.2 Å². The molecule has 1 N–H and O–H groups in total. The molecule has 1 aromatic heterocycles. The van der Waals surface area contributed by atoms with Gasteiger partial charge in [0.2, 0.25) is 5.75 Å². The maximum atomic E-state index is 10.1. The highest BCUT2D eigenvalue weighted by Gasteiger charge is 2.25. The van der Waals surface area contributed by atoms with Crippen molar-refractivity contribution in [2.45, 2.75) is 38.3 Å².